The number of fused-ring (bicyclic) bond motifs is 1. The molecule has 0 saturated heterocycles. The molecular weight excluding hydrogens is 346 g/mol. The van der Waals surface area contributed by atoms with Gasteiger partial charge in [-0.2, -0.15) is 4.98 Å². The lowest BCUT2D eigenvalue weighted by Crippen LogP contribution is -2.22. The number of hydrogen-bond acceptors (Lipinski definition) is 2. The predicted octanol–water partition coefficient (Wildman–Crippen LogP) is 4.87. The number of nitrogens with one attached hydrogen (secondary N) is 1. The first-order valence-electron chi connectivity index (χ1n) is 9.67. The average molecular weight is 371 g/mol. The van der Waals surface area contributed by atoms with Gasteiger partial charge in [0.25, 0.3) is 5.56 Å². The van der Waals surface area contributed by atoms with E-state index < -0.39 is 0 Å². The molecule has 4 rings (SSSR count). The van der Waals surface area contributed by atoms with Gasteiger partial charge in [0, 0.05) is 28.8 Å². The lowest BCUT2D eigenvalue weighted by Gasteiger charge is -2.17. The first-order chi connectivity index (χ1) is 13.5. The van der Waals surface area contributed by atoms with E-state index in [-0.39, 0.29) is 5.56 Å². The van der Waals surface area contributed by atoms with E-state index in [2.05, 4.69) is 46.6 Å². The maximum Gasteiger partial charge on any atom is 0.281 e. The highest BCUT2D eigenvalue weighted by atomic mass is 16.1. The van der Waals surface area contributed by atoms with Crippen molar-refractivity contribution in [1.29, 1.82) is 0 Å². The minimum atomic E-state index is -0.156. The van der Waals surface area contributed by atoms with Crippen molar-refractivity contribution in [2.45, 2.75) is 40.7 Å². The van der Waals surface area contributed by atoms with E-state index in [1.54, 1.807) is 0 Å². The van der Waals surface area contributed by atoms with Crippen molar-refractivity contribution in [2.75, 3.05) is 0 Å². The monoisotopic (exact) mass is 371 g/mol. The first kappa shape index (κ1) is 18.2. The van der Waals surface area contributed by atoms with Gasteiger partial charge in [-0.25, -0.2) is 0 Å². The Morgan fingerprint density at radius 1 is 1.00 bits per heavy atom. The second-order valence-electron chi connectivity index (χ2n) is 7.47. The minimum Gasteiger partial charge on any atom is -0.358 e. The van der Waals surface area contributed by atoms with Gasteiger partial charge in [-0.3, -0.25) is 4.79 Å². The zero-order chi connectivity index (χ0) is 19.8. The highest BCUT2D eigenvalue weighted by Crippen LogP contribution is 2.25. The molecule has 0 fully saturated rings. The summed E-state index contributed by atoms with van der Waals surface area (Å²) in [5, 5.41) is 1.28. The molecule has 0 unspecified atom stereocenters. The Balaban J connectivity index is 1.75. The van der Waals surface area contributed by atoms with Crippen LogP contribution < -0.4 is 5.56 Å². The predicted molar refractivity (Wildman–Crippen MR) is 115 cm³/mol. The lowest BCUT2D eigenvalue weighted by molar-refractivity contribution is 0.630. The van der Waals surface area contributed by atoms with E-state index in [1.807, 2.05) is 44.2 Å². The Kier molecular flexibility index (Phi) is 4.63. The van der Waals surface area contributed by atoms with Crippen LogP contribution in [0.15, 0.2) is 53.3 Å². The number of rotatable bonds is 4. The molecule has 0 bridgehead atoms. The normalized spacial score (nSPS) is 11.3. The fraction of sp³-hybridized carbons (Fsp3) is 0.250. The Labute approximate surface area is 164 Å². The summed E-state index contributed by atoms with van der Waals surface area (Å²) in [4.78, 5) is 20.4. The maximum absolute atomic E-state index is 12.6. The van der Waals surface area contributed by atoms with E-state index in [1.165, 1.54) is 27.7 Å². The number of hydrogen-bond donors (Lipinski definition) is 1. The van der Waals surface area contributed by atoms with Gasteiger partial charge in [0.05, 0.1) is 5.56 Å². The maximum atomic E-state index is 12.6. The number of aromatic nitrogens is 3. The van der Waals surface area contributed by atoms with Crippen molar-refractivity contribution in [3.63, 3.8) is 0 Å². The van der Waals surface area contributed by atoms with Crippen molar-refractivity contribution >= 4 is 10.9 Å². The smallest absolute Gasteiger partial charge is 0.281 e. The Hall–Kier alpha value is -3.14. The summed E-state index contributed by atoms with van der Waals surface area (Å²) >= 11 is 0. The Morgan fingerprint density at radius 2 is 1.75 bits per heavy atom. The van der Waals surface area contributed by atoms with Crippen molar-refractivity contribution in [1.82, 2.24) is 14.5 Å². The van der Waals surface area contributed by atoms with Crippen LogP contribution >= 0.6 is 0 Å². The summed E-state index contributed by atoms with van der Waals surface area (Å²) in [6.45, 7) is 8.97. The molecule has 4 aromatic rings. The molecule has 1 N–H and O–H groups in total. The van der Waals surface area contributed by atoms with Gasteiger partial charge in [0.1, 0.15) is 5.82 Å². The van der Waals surface area contributed by atoms with Crippen LogP contribution in [0.25, 0.3) is 22.0 Å². The molecule has 0 aliphatic rings. The quantitative estimate of drug-likeness (QED) is 0.556. The molecular formula is C24H25N3O. The number of H-pyrrole nitrogens is 1. The Morgan fingerprint density at radius 3 is 2.50 bits per heavy atom. The summed E-state index contributed by atoms with van der Waals surface area (Å²) in [7, 11) is 0. The third-order valence-corrected chi connectivity index (χ3v) is 5.56. The number of aromatic amines is 1. The fourth-order valence-corrected chi connectivity index (χ4v) is 4.10. The van der Waals surface area contributed by atoms with Gasteiger partial charge >= 0.3 is 0 Å². The van der Waals surface area contributed by atoms with Crippen LogP contribution in [0.2, 0.25) is 0 Å². The fourth-order valence-electron chi connectivity index (χ4n) is 4.10. The molecule has 28 heavy (non-hydrogen) atoms. The molecule has 2 aromatic heterocycles. The summed E-state index contributed by atoms with van der Waals surface area (Å²) in [6, 6.07) is 16.3. The number of aryl methyl sites for hydroxylation is 4. The third-order valence-electron chi connectivity index (χ3n) is 5.56. The van der Waals surface area contributed by atoms with Crippen molar-refractivity contribution in [2.24, 2.45) is 0 Å². The molecule has 4 heteroatoms. The molecule has 0 saturated carbocycles. The van der Waals surface area contributed by atoms with Gasteiger partial charge in [0.15, 0.2) is 0 Å². The van der Waals surface area contributed by atoms with Crippen LogP contribution in [0, 0.1) is 27.7 Å². The highest BCUT2D eigenvalue weighted by molar-refractivity contribution is 5.85. The molecule has 2 heterocycles. The van der Waals surface area contributed by atoms with Crippen molar-refractivity contribution in [3.05, 3.63) is 87.2 Å². The zero-order valence-electron chi connectivity index (χ0n) is 16.8. The molecule has 0 aliphatic heterocycles. The second kappa shape index (κ2) is 7.12. The van der Waals surface area contributed by atoms with E-state index in [0.717, 1.165) is 30.0 Å². The topological polar surface area (TPSA) is 50.7 Å². The molecule has 4 nitrogen and oxygen atoms in total. The third kappa shape index (κ3) is 3.15. The van der Waals surface area contributed by atoms with E-state index >= 15 is 0 Å². The van der Waals surface area contributed by atoms with Crippen LogP contribution in [0.1, 0.15) is 28.3 Å². The number of nitrogens with zero attached hydrogens (tertiary/aromatic N) is 2. The zero-order valence-corrected chi connectivity index (χ0v) is 16.8. The summed E-state index contributed by atoms with van der Waals surface area (Å²) in [5.74, 6) is 0.760. The summed E-state index contributed by atoms with van der Waals surface area (Å²) in [5.41, 5.74) is 7.40. The van der Waals surface area contributed by atoms with Crippen molar-refractivity contribution < 1.29 is 0 Å². The molecule has 0 aliphatic carbocycles. The van der Waals surface area contributed by atoms with Crippen LogP contribution in [-0.2, 0) is 13.0 Å². The van der Waals surface area contributed by atoms with Gasteiger partial charge < -0.3 is 9.55 Å². The highest BCUT2D eigenvalue weighted by Gasteiger charge is 2.15. The molecule has 0 radical (unpaired) electrons. The standard InChI is InChI=1S/C24H25N3O/c1-15-10-11-22-21(14-15)20(16(2)25-22)12-13-27-17(3)23(24(28)26-18(27)4)19-8-6-5-7-9-19/h5-11,14,25H,12-13H2,1-4H3. The summed E-state index contributed by atoms with van der Waals surface area (Å²) < 4.78 is 2.16. The van der Waals surface area contributed by atoms with Gasteiger partial charge in [-0.05, 0) is 57.4 Å². The van der Waals surface area contributed by atoms with Crippen LogP contribution in [0.3, 0.4) is 0 Å². The lowest BCUT2D eigenvalue weighted by atomic mass is 10.0. The van der Waals surface area contributed by atoms with Crippen LogP contribution in [0.4, 0.5) is 0 Å². The van der Waals surface area contributed by atoms with Gasteiger partial charge in [-0.15, -0.1) is 0 Å². The van der Waals surface area contributed by atoms with E-state index in [0.29, 0.717) is 5.56 Å². The average Bonchev–Trinajstić information content (AvgIpc) is 2.97. The number of benzene rings is 2. The SMILES string of the molecule is Cc1ccc2[nH]c(C)c(CCn3c(C)nc(=O)c(-c4ccccc4)c3C)c2c1. The molecule has 142 valence electrons. The van der Waals surface area contributed by atoms with Crippen LogP contribution in [-0.4, -0.2) is 14.5 Å². The molecule has 2 aromatic carbocycles. The van der Waals surface area contributed by atoms with Crippen molar-refractivity contribution in [3.8, 4) is 11.1 Å². The second-order valence-corrected chi connectivity index (χ2v) is 7.47. The van der Waals surface area contributed by atoms with Crippen LogP contribution in [0.5, 0.6) is 0 Å². The molecule has 0 atom stereocenters. The minimum absolute atomic E-state index is 0.156. The Bertz CT molecular complexity index is 1220. The largest absolute Gasteiger partial charge is 0.358 e. The van der Waals surface area contributed by atoms with E-state index in [9.17, 15) is 4.79 Å². The molecule has 0 spiro atoms. The van der Waals surface area contributed by atoms with Gasteiger partial charge in [0.2, 0.25) is 0 Å². The molecule has 0 amide bonds. The first-order valence-corrected chi connectivity index (χ1v) is 9.67. The van der Waals surface area contributed by atoms with E-state index in [4.69, 9.17) is 0 Å². The summed E-state index contributed by atoms with van der Waals surface area (Å²) in [6.07, 6.45) is 0.885. The van der Waals surface area contributed by atoms with Gasteiger partial charge in [-0.1, -0.05) is 42.0 Å².